The van der Waals surface area contributed by atoms with Crippen LogP contribution in [0.3, 0.4) is 0 Å². The number of ether oxygens (including phenoxy) is 1. The van der Waals surface area contributed by atoms with Crippen molar-refractivity contribution in [2.75, 3.05) is 5.32 Å². The van der Waals surface area contributed by atoms with E-state index in [4.69, 9.17) is 10.5 Å². The lowest BCUT2D eigenvalue weighted by Crippen LogP contribution is -2.42. The molecule has 3 aromatic rings. The summed E-state index contributed by atoms with van der Waals surface area (Å²) < 4.78 is 5.54. The van der Waals surface area contributed by atoms with Crippen molar-refractivity contribution in [1.29, 1.82) is 5.26 Å². The van der Waals surface area contributed by atoms with Crippen molar-refractivity contribution in [2.24, 2.45) is 5.73 Å². The molecule has 2 aliphatic rings. The van der Waals surface area contributed by atoms with E-state index in [1.54, 1.807) is 12.1 Å². The zero-order valence-electron chi connectivity index (χ0n) is 15.2. The van der Waals surface area contributed by atoms with Crippen LogP contribution in [0.5, 0.6) is 5.88 Å². The fourth-order valence-electron chi connectivity index (χ4n) is 4.06. The number of fused-ring (bicyclic) bond motifs is 4. The maximum absolute atomic E-state index is 13.4. The predicted molar refractivity (Wildman–Crippen MR) is 104 cm³/mol. The molecule has 0 saturated heterocycles. The number of carbonyl (C=O) groups is 1. The summed E-state index contributed by atoms with van der Waals surface area (Å²) in [6.45, 7) is 0. The van der Waals surface area contributed by atoms with Gasteiger partial charge in [0.15, 0.2) is 0 Å². The lowest BCUT2D eigenvalue weighted by molar-refractivity contribution is -0.384. The van der Waals surface area contributed by atoms with Gasteiger partial charge >= 0.3 is 0 Å². The Hall–Kier alpha value is -4.65. The summed E-state index contributed by atoms with van der Waals surface area (Å²) in [5, 5.41) is 31.1. The molecule has 2 aliphatic heterocycles. The largest absolute Gasteiger partial charge is 0.420 e. The van der Waals surface area contributed by atoms with Crippen LogP contribution in [-0.4, -0.2) is 21.0 Å². The molecule has 0 bridgehead atoms. The van der Waals surface area contributed by atoms with Gasteiger partial charge in [-0.1, -0.05) is 30.3 Å². The number of hydrogen-bond acceptors (Lipinski definition) is 7. The molecule has 0 saturated carbocycles. The van der Waals surface area contributed by atoms with Crippen molar-refractivity contribution in [3.63, 3.8) is 0 Å². The number of amides is 1. The first-order chi connectivity index (χ1) is 14.5. The SMILES string of the molecule is N#CC1=C(N)Oc2n[nH]c(-c3ccccc3)c2[C@@]12C(=O)Nc1ccc([N+](=O)[O-])cc12. The van der Waals surface area contributed by atoms with E-state index in [1.165, 1.54) is 18.2 Å². The molecule has 2 aromatic carbocycles. The minimum atomic E-state index is -1.74. The predicted octanol–water partition coefficient (Wildman–Crippen LogP) is 2.31. The Morgan fingerprint density at radius 2 is 2.00 bits per heavy atom. The number of non-ortho nitro benzene ring substituents is 1. The number of carbonyl (C=O) groups excluding carboxylic acids is 1. The standard InChI is InChI=1S/C20H12N6O4/c21-9-13-17(22)30-18-15(16(24-25-18)10-4-2-1-3-5-10)20(13)12-8-11(26(28)29)6-7-14(12)23-19(20)27/h1-8H,22H2,(H,23,27)(H,24,25)/t20-/m0/s1. The van der Waals surface area contributed by atoms with Gasteiger partial charge in [-0.2, -0.15) is 5.26 Å². The number of nitro groups is 1. The minimum absolute atomic E-state index is 0.0276. The Balaban J connectivity index is 1.91. The number of aromatic amines is 1. The second-order valence-electron chi connectivity index (χ2n) is 6.79. The molecular formula is C20H12N6O4. The zero-order valence-corrected chi connectivity index (χ0v) is 15.2. The molecule has 146 valence electrons. The Labute approximate surface area is 168 Å². The van der Waals surface area contributed by atoms with Gasteiger partial charge in [0.05, 0.1) is 16.2 Å². The molecule has 10 nitrogen and oxygen atoms in total. The van der Waals surface area contributed by atoms with Crippen molar-refractivity contribution < 1.29 is 14.5 Å². The third-order valence-electron chi connectivity index (χ3n) is 5.32. The molecule has 4 N–H and O–H groups in total. The van der Waals surface area contributed by atoms with E-state index in [1.807, 2.05) is 24.3 Å². The molecule has 0 unspecified atom stereocenters. The monoisotopic (exact) mass is 400 g/mol. The van der Waals surface area contributed by atoms with Gasteiger partial charge in [-0.3, -0.25) is 20.0 Å². The summed E-state index contributed by atoms with van der Waals surface area (Å²) >= 11 is 0. The number of nitro benzene ring substituents is 1. The van der Waals surface area contributed by atoms with Crippen molar-refractivity contribution in [1.82, 2.24) is 10.2 Å². The Kier molecular flexibility index (Phi) is 3.44. The molecule has 0 aliphatic carbocycles. The summed E-state index contributed by atoms with van der Waals surface area (Å²) in [7, 11) is 0. The highest BCUT2D eigenvalue weighted by molar-refractivity contribution is 6.13. The maximum atomic E-state index is 13.4. The number of benzene rings is 2. The lowest BCUT2D eigenvalue weighted by Gasteiger charge is -2.31. The highest BCUT2D eigenvalue weighted by Crippen LogP contribution is 2.55. The fourth-order valence-corrected chi connectivity index (χ4v) is 4.06. The number of hydrogen-bond donors (Lipinski definition) is 3. The van der Waals surface area contributed by atoms with Crippen LogP contribution in [0, 0.1) is 21.4 Å². The zero-order chi connectivity index (χ0) is 21.0. The fraction of sp³-hybridized carbons (Fsp3) is 0.0500. The first-order valence-corrected chi connectivity index (χ1v) is 8.81. The smallest absolute Gasteiger partial charge is 0.269 e. The van der Waals surface area contributed by atoms with Crippen molar-refractivity contribution in [3.05, 3.63) is 81.2 Å². The topological polar surface area (TPSA) is 160 Å². The molecule has 30 heavy (non-hydrogen) atoms. The van der Waals surface area contributed by atoms with Crippen LogP contribution >= 0.6 is 0 Å². The average Bonchev–Trinajstić information content (AvgIpc) is 3.28. The van der Waals surface area contributed by atoms with E-state index >= 15 is 0 Å². The van der Waals surface area contributed by atoms with Gasteiger partial charge in [0.1, 0.15) is 17.1 Å². The summed E-state index contributed by atoms with van der Waals surface area (Å²) in [5.74, 6) is -0.828. The second kappa shape index (κ2) is 5.92. The molecule has 1 spiro atoms. The van der Waals surface area contributed by atoms with Crippen LogP contribution < -0.4 is 15.8 Å². The van der Waals surface area contributed by atoms with Crippen molar-refractivity contribution >= 4 is 17.3 Å². The van der Waals surface area contributed by atoms with Crippen LogP contribution in [0.2, 0.25) is 0 Å². The van der Waals surface area contributed by atoms with Gasteiger partial charge in [-0.25, -0.2) is 0 Å². The minimum Gasteiger partial charge on any atom is -0.420 e. The normalized spacial score (nSPS) is 19.0. The van der Waals surface area contributed by atoms with E-state index < -0.39 is 16.2 Å². The second-order valence-corrected chi connectivity index (χ2v) is 6.79. The highest BCUT2D eigenvalue weighted by atomic mass is 16.6. The molecule has 1 amide bonds. The molecule has 3 heterocycles. The molecular weight excluding hydrogens is 388 g/mol. The van der Waals surface area contributed by atoms with Gasteiger partial charge in [-0.15, -0.1) is 5.10 Å². The van der Waals surface area contributed by atoms with Crippen molar-refractivity contribution in [3.8, 4) is 23.2 Å². The van der Waals surface area contributed by atoms with Gasteiger partial charge < -0.3 is 15.8 Å². The first kappa shape index (κ1) is 17.4. The third kappa shape index (κ3) is 2.05. The van der Waals surface area contributed by atoms with Crippen LogP contribution in [0.1, 0.15) is 11.1 Å². The number of rotatable bonds is 2. The van der Waals surface area contributed by atoms with E-state index in [0.29, 0.717) is 16.9 Å². The summed E-state index contributed by atoms with van der Waals surface area (Å²) in [6, 6.07) is 15.0. The Morgan fingerprint density at radius 3 is 2.70 bits per heavy atom. The highest BCUT2D eigenvalue weighted by Gasteiger charge is 2.59. The van der Waals surface area contributed by atoms with E-state index in [2.05, 4.69) is 15.5 Å². The average molecular weight is 400 g/mol. The number of aromatic nitrogens is 2. The van der Waals surface area contributed by atoms with E-state index in [-0.39, 0.29) is 34.2 Å². The molecule has 1 aromatic heterocycles. The third-order valence-corrected chi connectivity index (χ3v) is 5.32. The quantitative estimate of drug-likeness (QED) is 0.439. The van der Waals surface area contributed by atoms with Crippen LogP contribution in [0.15, 0.2) is 60.0 Å². The van der Waals surface area contributed by atoms with Crippen LogP contribution in [0.4, 0.5) is 11.4 Å². The number of anilines is 1. The molecule has 0 radical (unpaired) electrons. The van der Waals surface area contributed by atoms with E-state index in [9.17, 15) is 20.2 Å². The summed E-state index contributed by atoms with van der Waals surface area (Å²) in [5.41, 5.74) is 5.86. The van der Waals surface area contributed by atoms with Gasteiger partial charge in [0, 0.05) is 28.9 Å². The number of nitrogens with two attached hydrogens (primary N) is 1. The molecule has 1 atom stereocenters. The number of nitrogens with one attached hydrogen (secondary N) is 2. The molecule has 0 fully saturated rings. The maximum Gasteiger partial charge on any atom is 0.269 e. The Bertz CT molecular complexity index is 1320. The van der Waals surface area contributed by atoms with Gasteiger partial charge in [-0.05, 0) is 6.07 Å². The van der Waals surface area contributed by atoms with Crippen molar-refractivity contribution in [2.45, 2.75) is 5.41 Å². The van der Waals surface area contributed by atoms with Crippen LogP contribution in [-0.2, 0) is 10.2 Å². The Morgan fingerprint density at radius 1 is 1.23 bits per heavy atom. The van der Waals surface area contributed by atoms with Crippen LogP contribution in [0.25, 0.3) is 11.3 Å². The summed E-state index contributed by atoms with van der Waals surface area (Å²) in [4.78, 5) is 24.3. The number of nitrogens with zero attached hydrogens (tertiary/aromatic N) is 3. The van der Waals surface area contributed by atoms with Gasteiger partial charge in [0.2, 0.25) is 17.7 Å². The lowest BCUT2D eigenvalue weighted by atomic mass is 9.68. The van der Waals surface area contributed by atoms with E-state index in [0.717, 1.165) is 0 Å². The number of nitriles is 1. The number of H-pyrrole nitrogens is 1. The molecule has 5 rings (SSSR count). The first-order valence-electron chi connectivity index (χ1n) is 8.81. The van der Waals surface area contributed by atoms with Gasteiger partial charge in [0.25, 0.3) is 5.69 Å². The molecule has 10 heteroatoms. The summed E-state index contributed by atoms with van der Waals surface area (Å²) in [6.07, 6.45) is 0.